The van der Waals surface area contributed by atoms with E-state index in [-0.39, 0.29) is 18.1 Å². The molecule has 0 unspecified atom stereocenters. The van der Waals surface area contributed by atoms with Crippen molar-refractivity contribution in [1.29, 1.82) is 0 Å². The lowest BCUT2D eigenvalue weighted by atomic mass is 10.2. The number of nitrogens with zero attached hydrogens (tertiary/aromatic N) is 1. The molecule has 2 aromatic heterocycles. The molecule has 0 saturated heterocycles. The van der Waals surface area contributed by atoms with Gasteiger partial charge in [0.1, 0.15) is 5.52 Å². The average Bonchev–Trinajstić information content (AvgIpc) is 4.39. The number of H-pyrrole nitrogens is 1. The molecular weight excluding hydrogens is 1030 g/mol. The van der Waals surface area contributed by atoms with Crippen LogP contribution in [-0.4, -0.2) is 58.0 Å². The number of hydrogen-bond donors (Lipinski definition) is 3. The van der Waals surface area contributed by atoms with Gasteiger partial charge in [-0.3, -0.25) is 10.6 Å². The van der Waals surface area contributed by atoms with Gasteiger partial charge in [-0.15, -0.1) is 0 Å². The maximum atomic E-state index is 13.1. The van der Waals surface area contributed by atoms with Gasteiger partial charge < -0.3 is 23.9 Å². The lowest BCUT2D eigenvalue weighted by Gasteiger charge is -2.14. The fourth-order valence-electron chi connectivity index (χ4n) is 5.32. The van der Waals surface area contributed by atoms with E-state index in [1.54, 1.807) is 55.6 Å². The molecule has 0 atom stereocenters. The number of aromatic amines is 1. The van der Waals surface area contributed by atoms with Crippen molar-refractivity contribution in [2.24, 2.45) is 0 Å². The van der Waals surface area contributed by atoms with Crippen molar-refractivity contribution in [1.82, 2.24) is 8.96 Å². The molecule has 81 heavy (non-hydrogen) atoms. The number of nitrogens with one attached hydrogen (secondary N) is 3. The summed E-state index contributed by atoms with van der Waals surface area (Å²) < 4.78 is 47.1. The van der Waals surface area contributed by atoms with Gasteiger partial charge in [0.25, 0.3) is 10.0 Å². The van der Waals surface area contributed by atoms with Crippen LogP contribution >= 0.6 is 0 Å². The summed E-state index contributed by atoms with van der Waals surface area (Å²) in [6.07, 6.45) is 2.07. The number of anilines is 2. The zero-order valence-electron chi connectivity index (χ0n) is 43.0. The first-order chi connectivity index (χ1) is 39.1. The fourth-order valence-corrected chi connectivity index (χ4v) is 6.68. The Bertz CT molecular complexity index is 4730. The van der Waals surface area contributed by atoms with Crippen LogP contribution < -0.4 is 20.1 Å². The molecule has 3 aromatic carbocycles. The molecule has 0 aliphatic heterocycles. The van der Waals surface area contributed by atoms with Crippen LogP contribution in [0.5, 0.6) is 11.5 Å². The number of carbonyl (C=O) groups excluding carboxylic acids is 2. The van der Waals surface area contributed by atoms with Gasteiger partial charge in [-0.25, -0.2) is 22.0 Å². The molecule has 5 rings (SSSR count). The Labute approximate surface area is 466 Å². The Kier molecular flexibility index (Phi) is 30.1. The van der Waals surface area contributed by atoms with Crippen molar-refractivity contribution in [2.45, 2.75) is 19.2 Å². The summed E-state index contributed by atoms with van der Waals surface area (Å²) in [5, 5.41) is 6.79. The Morgan fingerprint density at radius 2 is 0.790 bits per heavy atom. The van der Waals surface area contributed by atoms with Crippen LogP contribution in [0.25, 0.3) is 21.8 Å². The summed E-state index contributed by atoms with van der Waals surface area (Å²) in [6, 6.07) is 17.2. The zero-order chi connectivity index (χ0) is 57.9. The third-order valence-electron chi connectivity index (χ3n) is 8.52. The van der Waals surface area contributed by atoms with E-state index in [1.165, 1.54) is 27.5 Å². The molecule has 2 heterocycles. The number of amides is 2. The van der Waals surface area contributed by atoms with Crippen molar-refractivity contribution in [3.05, 3.63) is 298 Å². The first-order valence-electron chi connectivity index (χ1n) is 21.9. The van der Waals surface area contributed by atoms with Crippen LogP contribution in [0.1, 0.15) is 13.0 Å². The van der Waals surface area contributed by atoms with Gasteiger partial charge in [-0.2, -0.15) is 0 Å². The smallest absolute Gasteiger partial charge is 0.411 e. The zero-order valence-corrected chi connectivity index (χ0v) is 43.8. The third-order valence-corrected chi connectivity index (χ3v) is 10.2. The summed E-state index contributed by atoms with van der Waals surface area (Å²) in [5.41, 5.74) is 92.4. The Hall–Kier alpha value is -13.4. The lowest BCUT2D eigenvalue weighted by molar-refractivity contribution is 0.186. The van der Waals surface area contributed by atoms with Crippen LogP contribution in [0.3, 0.4) is 0 Å². The van der Waals surface area contributed by atoms with E-state index in [0.717, 1.165) is 20.4 Å². The summed E-state index contributed by atoms with van der Waals surface area (Å²) in [6.45, 7) is 8.50. The van der Waals surface area contributed by atoms with Gasteiger partial charge in [0.15, 0.2) is 11.5 Å². The predicted molar refractivity (Wildman–Crippen MR) is 304 cm³/mol. The molecule has 0 radical (unpaired) electrons. The highest BCUT2D eigenvalue weighted by Gasteiger charge is 2.23. The first kappa shape index (κ1) is 63.8. The van der Waals surface area contributed by atoms with Crippen molar-refractivity contribution in [2.75, 3.05) is 39.1 Å². The van der Waals surface area contributed by atoms with Crippen LogP contribution in [0.4, 0.5) is 21.0 Å². The number of carbonyl (C=O) groups is 2. The minimum absolute atomic E-state index is 0. The van der Waals surface area contributed by atoms with Crippen molar-refractivity contribution < 1.29 is 37.0 Å². The van der Waals surface area contributed by atoms with E-state index in [1.807, 2.05) is 25.3 Å². The van der Waals surface area contributed by atoms with E-state index < -0.39 is 22.2 Å². The van der Waals surface area contributed by atoms with Gasteiger partial charge in [0.2, 0.25) is 0 Å². The van der Waals surface area contributed by atoms with Crippen LogP contribution in [0.15, 0.2) is 297 Å². The second kappa shape index (κ2) is 38.3. The van der Waals surface area contributed by atoms with Crippen molar-refractivity contribution in [3.8, 4) is 11.5 Å². The number of aryl methyl sites for hydroxylation is 1. The quantitative estimate of drug-likeness (QED) is 0.142. The summed E-state index contributed by atoms with van der Waals surface area (Å²) in [5.74, 6) is 0.821. The van der Waals surface area contributed by atoms with Gasteiger partial charge >= 0.3 is 12.2 Å². The molecule has 2 amide bonds. The number of rotatable bonds is 6. The third kappa shape index (κ3) is 23.6. The largest absolute Gasteiger partial charge is 0.492 e. The standard InChI is InChI=1S/C38H4.C18H18N2O5S.C11H12N2O3.CH4/c1-3-5-7-9-11-13-15-17-19-21-23-25-27-29-31-33-35-37-38-36-34-32-30-28-26-24-22-20-18-16-14-12-10-8-6-4-2;1-12-4-7-14(8-5-12)26(22,23)20-11-10-13-6-9-15(19-18(21)25-3)17(24-2)16(13)20;1-15-10-8(13-11(14)16-2)4-3-7-5-6-12-9(7)10;/h1-2H2;4-11H,1-3H3,(H,19,21);3-6,12H,1-2H3,(H,13,14);1H4. The fraction of sp³-hybridized carbons (Fsp3) is 0.0882. The monoisotopic (exact) mass is 1070 g/mol. The number of ether oxygens (including phenoxy) is 4. The molecular formula is C68H38N4O8S. The SMILES string of the molecule is C.C=C=C=C=C=C=C=C=C=C=C=C=C=C=C=C=C=C=C=C=C=C=C=C=C=C=C=C=C=C=C=C=C=C=C=C=C=C.COC(=O)Nc1ccc2cc[nH]c2c1OC.COC(=O)Nc1ccc2ccn(S(=O)(=O)c3ccc(C)cc3)c2c1OC. The number of hydrogen-bond acceptors (Lipinski definition) is 8. The van der Waals surface area contributed by atoms with Crippen LogP contribution in [0, 0.1) is 6.92 Å². The second-order valence-electron chi connectivity index (χ2n) is 13.4. The number of methoxy groups -OCH3 is 4. The van der Waals surface area contributed by atoms with E-state index in [2.05, 4.69) is 245 Å². The van der Waals surface area contributed by atoms with Crippen molar-refractivity contribution in [3.63, 3.8) is 0 Å². The molecule has 0 spiro atoms. The highest BCUT2D eigenvalue weighted by Crippen LogP contribution is 2.36. The molecule has 12 nitrogen and oxygen atoms in total. The predicted octanol–water partition coefficient (Wildman–Crippen LogP) is 12.8. The second-order valence-corrected chi connectivity index (χ2v) is 15.3. The van der Waals surface area contributed by atoms with Gasteiger partial charge in [-0.1, -0.05) is 48.7 Å². The van der Waals surface area contributed by atoms with Gasteiger partial charge in [0, 0.05) is 126 Å². The Morgan fingerprint density at radius 1 is 0.457 bits per heavy atom. The number of aromatic nitrogens is 2. The summed E-state index contributed by atoms with van der Waals surface area (Å²) in [7, 11) is 1.69. The molecule has 384 valence electrons. The van der Waals surface area contributed by atoms with Gasteiger partial charge in [-0.05, 0) is 148 Å². The van der Waals surface area contributed by atoms with E-state index in [4.69, 9.17) is 9.47 Å². The molecule has 0 fully saturated rings. The summed E-state index contributed by atoms with van der Waals surface area (Å²) in [4.78, 5) is 25.9. The normalized spacial score (nSPS) is 7.47. The molecule has 5 aromatic rings. The molecule has 13 heteroatoms. The molecule has 3 N–H and O–H groups in total. The number of fused-ring (bicyclic) bond motifs is 2. The van der Waals surface area contributed by atoms with E-state index in [9.17, 15) is 18.0 Å². The van der Waals surface area contributed by atoms with E-state index >= 15 is 0 Å². The maximum Gasteiger partial charge on any atom is 0.411 e. The summed E-state index contributed by atoms with van der Waals surface area (Å²) >= 11 is 0. The molecule has 0 aliphatic rings. The van der Waals surface area contributed by atoms with Crippen LogP contribution in [0.2, 0.25) is 0 Å². The maximum absolute atomic E-state index is 13.1. The minimum Gasteiger partial charge on any atom is -0.492 e. The average molecular weight is 1070 g/mol. The minimum atomic E-state index is -3.83. The Balaban J connectivity index is 0.000000446. The lowest BCUT2D eigenvalue weighted by Crippen LogP contribution is -2.14. The molecule has 0 saturated carbocycles. The molecule has 0 bridgehead atoms. The highest BCUT2D eigenvalue weighted by molar-refractivity contribution is 7.90. The van der Waals surface area contributed by atoms with E-state index in [0.29, 0.717) is 28.0 Å². The van der Waals surface area contributed by atoms with Crippen molar-refractivity contribution >= 4 is 55.4 Å². The highest BCUT2D eigenvalue weighted by atomic mass is 32.2. The van der Waals surface area contributed by atoms with Gasteiger partial charge in [0.05, 0.1) is 50.2 Å². The number of benzene rings is 3. The molecule has 0 aliphatic carbocycles. The first-order valence-corrected chi connectivity index (χ1v) is 23.4. The van der Waals surface area contributed by atoms with Crippen LogP contribution in [-0.2, 0) is 19.5 Å². The topological polar surface area (TPSA) is 150 Å². The Morgan fingerprint density at radius 3 is 1.12 bits per heavy atom.